The lowest BCUT2D eigenvalue weighted by Crippen LogP contribution is -2.43. The lowest BCUT2D eigenvalue weighted by atomic mass is 10.0. The van der Waals surface area contributed by atoms with E-state index in [1.807, 2.05) is 13.1 Å². The van der Waals surface area contributed by atoms with Crippen molar-refractivity contribution in [2.75, 3.05) is 31.6 Å². The van der Waals surface area contributed by atoms with Crippen LogP contribution in [0.15, 0.2) is 18.2 Å². The van der Waals surface area contributed by atoms with Gasteiger partial charge in [-0.25, -0.2) is 4.39 Å². The molecule has 19 heavy (non-hydrogen) atoms. The van der Waals surface area contributed by atoms with Gasteiger partial charge in [0.2, 0.25) is 0 Å². The fraction of sp³-hybridized carbons (Fsp3) is 0.600. The summed E-state index contributed by atoms with van der Waals surface area (Å²) < 4.78 is 19.9. The number of nitrogens with zero attached hydrogens (tertiary/aromatic N) is 1. The number of nitrogens with one attached hydrogen (secondary N) is 1. The molecule has 1 N–H and O–H groups in total. The van der Waals surface area contributed by atoms with Crippen LogP contribution in [0.1, 0.15) is 31.9 Å². The number of halogens is 1. The highest BCUT2D eigenvalue weighted by Gasteiger charge is 2.24. The zero-order chi connectivity index (χ0) is 13.8. The molecule has 2 unspecified atom stereocenters. The van der Waals surface area contributed by atoms with E-state index in [9.17, 15) is 4.39 Å². The smallest absolute Gasteiger partial charge is 0.146 e. The van der Waals surface area contributed by atoms with Gasteiger partial charge in [0, 0.05) is 19.1 Å². The maximum Gasteiger partial charge on any atom is 0.146 e. The molecule has 2 rings (SSSR count). The lowest BCUT2D eigenvalue weighted by Gasteiger charge is -2.36. The first kappa shape index (κ1) is 14.3. The molecule has 0 aliphatic carbocycles. The van der Waals surface area contributed by atoms with Crippen LogP contribution in [0.25, 0.3) is 0 Å². The second-order valence-corrected chi connectivity index (χ2v) is 5.04. The third-order valence-electron chi connectivity index (χ3n) is 3.83. The normalized spacial score (nSPS) is 21.5. The van der Waals surface area contributed by atoms with Crippen LogP contribution in [0.4, 0.5) is 10.1 Å². The second kappa shape index (κ2) is 6.35. The van der Waals surface area contributed by atoms with Crippen LogP contribution in [-0.4, -0.2) is 32.8 Å². The fourth-order valence-electron chi connectivity index (χ4n) is 2.54. The molecule has 1 aliphatic rings. The van der Waals surface area contributed by atoms with E-state index >= 15 is 0 Å². The molecule has 0 spiro atoms. The van der Waals surface area contributed by atoms with Gasteiger partial charge in [-0.05, 0) is 32.0 Å². The Morgan fingerprint density at radius 2 is 2.32 bits per heavy atom. The van der Waals surface area contributed by atoms with Gasteiger partial charge in [0.05, 0.1) is 18.4 Å². The Kier molecular flexibility index (Phi) is 4.77. The molecule has 0 radical (unpaired) electrons. The summed E-state index contributed by atoms with van der Waals surface area (Å²) in [7, 11) is 1.90. The van der Waals surface area contributed by atoms with Crippen LogP contribution >= 0.6 is 0 Å². The van der Waals surface area contributed by atoms with Crippen molar-refractivity contribution in [2.45, 2.75) is 32.4 Å². The summed E-state index contributed by atoms with van der Waals surface area (Å²) >= 11 is 0. The van der Waals surface area contributed by atoms with Gasteiger partial charge in [0.25, 0.3) is 0 Å². The predicted molar refractivity (Wildman–Crippen MR) is 76.1 cm³/mol. The van der Waals surface area contributed by atoms with Crippen molar-refractivity contribution < 1.29 is 9.13 Å². The summed E-state index contributed by atoms with van der Waals surface area (Å²) in [6.45, 7) is 6.34. The molecule has 1 saturated heterocycles. The standard InChI is InChI=1S/C15H23FN2O/c1-4-12-10-18(8-9-19-12)15-13(11(2)17-3)6-5-7-14(15)16/h5-7,11-12,17H,4,8-10H2,1-3H3. The molecule has 1 aromatic rings. The maximum atomic E-state index is 14.3. The maximum absolute atomic E-state index is 14.3. The van der Waals surface area contributed by atoms with Crippen molar-refractivity contribution in [1.29, 1.82) is 0 Å². The Morgan fingerprint density at radius 3 is 3.00 bits per heavy atom. The molecule has 0 amide bonds. The van der Waals surface area contributed by atoms with Crippen molar-refractivity contribution in [3.05, 3.63) is 29.6 Å². The zero-order valence-electron chi connectivity index (χ0n) is 11.9. The minimum Gasteiger partial charge on any atom is -0.375 e. The SMILES string of the molecule is CCC1CN(c2c(F)cccc2C(C)NC)CCO1. The van der Waals surface area contributed by atoms with Crippen LogP contribution < -0.4 is 10.2 Å². The van der Waals surface area contributed by atoms with E-state index in [4.69, 9.17) is 4.74 Å². The third-order valence-corrected chi connectivity index (χ3v) is 3.83. The largest absolute Gasteiger partial charge is 0.375 e. The molecular weight excluding hydrogens is 243 g/mol. The quantitative estimate of drug-likeness (QED) is 0.907. The van der Waals surface area contributed by atoms with Gasteiger partial charge in [-0.3, -0.25) is 0 Å². The van der Waals surface area contributed by atoms with Crippen molar-refractivity contribution in [2.24, 2.45) is 0 Å². The molecule has 0 saturated carbocycles. The monoisotopic (exact) mass is 266 g/mol. The first-order valence-corrected chi connectivity index (χ1v) is 6.99. The highest BCUT2D eigenvalue weighted by atomic mass is 19.1. The summed E-state index contributed by atoms with van der Waals surface area (Å²) in [6, 6.07) is 5.45. The van der Waals surface area contributed by atoms with Crippen molar-refractivity contribution in [1.82, 2.24) is 5.32 Å². The fourth-order valence-corrected chi connectivity index (χ4v) is 2.54. The van der Waals surface area contributed by atoms with Gasteiger partial charge in [-0.2, -0.15) is 0 Å². The lowest BCUT2D eigenvalue weighted by molar-refractivity contribution is 0.0381. The molecule has 0 bridgehead atoms. The van der Waals surface area contributed by atoms with E-state index in [1.165, 1.54) is 6.07 Å². The number of hydrogen-bond donors (Lipinski definition) is 1. The summed E-state index contributed by atoms with van der Waals surface area (Å²) in [5.41, 5.74) is 1.74. The van der Waals surface area contributed by atoms with E-state index < -0.39 is 0 Å². The summed E-state index contributed by atoms with van der Waals surface area (Å²) in [5, 5.41) is 3.19. The Hall–Kier alpha value is -1.13. The van der Waals surface area contributed by atoms with E-state index in [1.54, 1.807) is 6.07 Å². The van der Waals surface area contributed by atoms with E-state index in [-0.39, 0.29) is 18.0 Å². The average molecular weight is 266 g/mol. The first-order valence-electron chi connectivity index (χ1n) is 6.99. The van der Waals surface area contributed by atoms with Crippen molar-refractivity contribution in [3.63, 3.8) is 0 Å². The molecule has 1 fully saturated rings. The minimum atomic E-state index is -0.142. The Labute approximate surface area is 114 Å². The number of anilines is 1. The number of hydrogen-bond acceptors (Lipinski definition) is 3. The van der Waals surface area contributed by atoms with E-state index in [0.717, 1.165) is 30.8 Å². The third kappa shape index (κ3) is 3.07. The van der Waals surface area contributed by atoms with E-state index in [0.29, 0.717) is 6.61 Å². The topological polar surface area (TPSA) is 24.5 Å². The Bertz CT molecular complexity index is 425. The number of para-hydroxylation sites is 1. The number of morpholine rings is 1. The van der Waals surface area contributed by atoms with Crippen LogP contribution in [0.5, 0.6) is 0 Å². The van der Waals surface area contributed by atoms with Crippen molar-refractivity contribution in [3.8, 4) is 0 Å². The highest BCUT2D eigenvalue weighted by Crippen LogP contribution is 2.30. The molecule has 1 heterocycles. The van der Waals surface area contributed by atoms with Crippen LogP contribution in [0.2, 0.25) is 0 Å². The minimum absolute atomic E-state index is 0.133. The molecule has 1 aliphatic heterocycles. The van der Waals surface area contributed by atoms with Crippen LogP contribution in [-0.2, 0) is 4.74 Å². The Morgan fingerprint density at radius 1 is 1.53 bits per heavy atom. The first-order chi connectivity index (χ1) is 9.17. The Balaban J connectivity index is 2.32. The highest BCUT2D eigenvalue weighted by molar-refractivity contribution is 5.56. The second-order valence-electron chi connectivity index (χ2n) is 5.04. The molecule has 2 atom stereocenters. The van der Waals surface area contributed by atoms with Gasteiger partial charge in [-0.15, -0.1) is 0 Å². The van der Waals surface area contributed by atoms with E-state index in [2.05, 4.69) is 24.1 Å². The number of rotatable bonds is 4. The molecule has 0 aromatic heterocycles. The van der Waals surface area contributed by atoms with Gasteiger partial charge in [0.15, 0.2) is 0 Å². The average Bonchev–Trinajstić information content (AvgIpc) is 2.46. The van der Waals surface area contributed by atoms with Gasteiger partial charge in [0.1, 0.15) is 5.82 Å². The van der Waals surface area contributed by atoms with Crippen LogP contribution in [0, 0.1) is 5.82 Å². The van der Waals surface area contributed by atoms with Gasteiger partial charge < -0.3 is 15.0 Å². The predicted octanol–water partition coefficient (Wildman–Crippen LogP) is 2.72. The molecule has 4 heteroatoms. The summed E-state index contributed by atoms with van der Waals surface area (Å²) in [4.78, 5) is 2.12. The number of benzene rings is 1. The summed E-state index contributed by atoms with van der Waals surface area (Å²) in [5.74, 6) is -0.142. The van der Waals surface area contributed by atoms with Crippen molar-refractivity contribution >= 4 is 5.69 Å². The molecule has 3 nitrogen and oxygen atoms in total. The van der Waals surface area contributed by atoms with Crippen LogP contribution in [0.3, 0.4) is 0 Å². The zero-order valence-corrected chi connectivity index (χ0v) is 11.9. The number of ether oxygens (including phenoxy) is 1. The summed E-state index contributed by atoms with van der Waals surface area (Å²) in [6.07, 6.45) is 1.16. The molecule has 106 valence electrons. The molecule has 1 aromatic carbocycles. The van der Waals surface area contributed by atoms with Gasteiger partial charge in [-0.1, -0.05) is 19.1 Å². The van der Waals surface area contributed by atoms with Gasteiger partial charge >= 0.3 is 0 Å². The molecular formula is C15H23FN2O.